The van der Waals surface area contributed by atoms with Crippen LogP contribution in [0.25, 0.3) is 33.4 Å². The number of pyridine rings is 1. The van der Waals surface area contributed by atoms with Crippen LogP contribution in [-0.4, -0.2) is 40.0 Å². The molecule has 0 amide bonds. The first-order valence-corrected chi connectivity index (χ1v) is 10.7. The topological polar surface area (TPSA) is 53.9 Å². The highest BCUT2D eigenvalue weighted by molar-refractivity contribution is 5.96. The van der Waals surface area contributed by atoms with Gasteiger partial charge in [-0.25, -0.2) is 18.7 Å². The van der Waals surface area contributed by atoms with Crippen LogP contribution in [0.15, 0.2) is 54.9 Å². The van der Waals surface area contributed by atoms with Gasteiger partial charge >= 0.3 is 0 Å². The minimum Gasteiger partial charge on any atom is -0.373 e. The molecule has 4 aromatic rings. The summed E-state index contributed by atoms with van der Waals surface area (Å²) in [6, 6.07) is 11.3. The molecule has 1 aliphatic rings. The summed E-state index contributed by atoms with van der Waals surface area (Å²) in [7, 11) is 1.81. The Labute approximate surface area is 185 Å². The summed E-state index contributed by atoms with van der Waals surface area (Å²) >= 11 is 0. The SMILES string of the molecule is CNc1nc(-c2cccnc2)nc2c(CN3CCCC3)cc(-c3ccc(F)cc3F)cc12. The summed E-state index contributed by atoms with van der Waals surface area (Å²) in [6.07, 6.45) is 5.79. The maximum absolute atomic E-state index is 14.6. The number of likely N-dealkylation sites (tertiary alicyclic amines) is 1. The average molecular weight is 431 g/mol. The molecule has 0 spiro atoms. The van der Waals surface area contributed by atoms with Gasteiger partial charge in [0.1, 0.15) is 17.5 Å². The minimum atomic E-state index is -0.593. The third-order valence-corrected chi connectivity index (χ3v) is 5.87. The van der Waals surface area contributed by atoms with Crippen LogP contribution < -0.4 is 5.32 Å². The van der Waals surface area contributed by atoms with Crippen LogP contribution in [0.1, 0.15) is 18.4 Å². The molecule has 2 aromatic heterocycles. The molecule has 1 fully saturated rings. The molecule has 0 atom stereocenters. The fourth-order valence-corrected chi connectivity index (χ4v) is 4.30. The van der Waals surface area contributed by atoms with Crippen LogP contribution in [-0.2, 0) is 6.54 Å². The summed E-state index contributed by atoms with van der Waals surface area (Å²) in [5.74, 6) is 0.0549. The molecule has 7 heteroatoms. The first-order chi connectivity index (χ1) is 15.6. The van der Waals surface area contributed by atoms with Crippen LogP contribution >= 0.6 is 0 Å². The van der Waals surface area contributed by atoms with Gasteiger partial charge in [0.25, 0.3) is 0 Å². The van der Waals surface area contributed by atoms with E-state index >= 15 is 0 Å². The molecule has 5 nitrogen and oxygen atoms in total. The van der Waals surface area contributed by atoms with Crippen molar-refractivity contribution in [3.05, 3.63) is 72.1 Å². The maximum Gasteiger partial charge on any atom is 0.163 e. The van der Waals surface area contributed by atoms with Crippen LogP contribution in [0.4, 0.5) is 14.6 Å². The summed E-state index contributed by atoms with van der Waals surface area (Å²) in [5.41, 5.74) is 3.67. The molecule has 1 aliphatic heterocycles. The molecule has 2 aromatic carbocycles. The molecule has 1 N–H and O–H groups in total. The minimum absolute atomic E-state index is 0.356. The smallest absolute Gasteiger partial charge is 0.163 e. The van der Waals surface area contributed by atoms with Gasteiger partial charge in [0, 0.05) is 48.6 Å². The summed E-state index contributed by atoms with van der Waals surface area (Å²) in [4.78, 5) is 16.2. The van der Waals surface area contributed by atoms with Gasteiger partial charge in [0.15, 0.2) is 5.82 Å². The van der Waals surface area contributed by atoms with E-state index in [4.69, 9.17) is 9.97 Å². The van der Waals surface area contributed by atoms with E-state index in [0.717, 1.165) is 41.2 Å². The predicted octanol–water partition coefficient (Wildman–Crippen LogP) is 5.27. The second kappa shape index (κ2) is 8.59. The number of hydrogen-bond acceptors (Lipinski definition) is 5. The molecule has 0 bridgehead atoms. The van der Waals surface area contributed by atoms with Crippen LogP contribution in [0.3, 0.4) is 0 Å². The Kier molecular flexibility index (Phi) is 5.49. The van der Waals surface area contributed by atoms with Crippen molar-refractivity contribution in [1.82, 2.24) is 19.9 Å². The Morgan fingerprint density at radius 3 is 2.56 bits per heavy atom. The molecule has 5 rings (SSSR count). The Morgan fingerprint density at radius 1 is 1.00 bits per heavy atom. The molecule has 3 heterocycles. The number of anilines is 1. The van der Waals surface area contributed by atoms with E-state index in [1.54, 1.807) is 19.4 Å². The first kappa shape index (κ1) is 20.5. The Balaban J connectivity index is 1.73. The van der Waals surface area contributed by atoms with Crippen molar-refractivity contribution in [3.63, 3.8) is 0 Å². The lowest BCUT2D eigenvalue weighted by atomic mass is 9.98. The fourth-order valence-electron chi connectivity index (χ4n) is 4.30. The van der Waals surface area contributed by atoms with Crippen molar-refractivity contribution in [2.45, 2.75) is 19.4 Å². The number of aromatic nitrogens is 3. The van der Waals surface area contributed by atoms with Crippen molar-refractivity contribution in [2.75, 3.05) is 25.5 Å². The molecule has 0 unspecified atom stereocenters. The number of nitrogens with one attached hydrogen (secondary N) is 1. The lowest BCUT2D eigenvalue weighted by Crippen LogP contribution is -2.19. The molecule has 0 aliphatic carbocycles. The summed E-state index contributed by atoms with van der Waals surface area (Å²) < 4.78 is 28.1. The van der Waals surface area contributed by atoms with Gasteiger partial charge in [-0.05, 0) is 73.5 Å². The van der Waals surface area contributed by atoms with E-state index < -0.39 is 11.6 Å². The van der Waals surface area contributed by atoms with Gasteiger partial charge in [0.05, 0.1) is 5.52 Å². The average Bonchev–Trinajstić information content (AvgIpc) is 3.32. The molecular weight excluding hydrogens is 408 g/mol. The van der Waals surface area contributed by atoms with E-state index in [1.165, 1.54) is 25.0 Å². The third-order valence-electron chi connectivity index (χ3n) is 5.87. The zero-order valence-corrected chi connectivity index (χ0v) is 17.8. The predicted molar refractivity (Wildman–Crippen MR) is 122 cm³/mol. The van der Waals surface area contributed by atoms with Crippen molar-refractivity contribution in [3.8, 4) is 22.5 Å². The number of halogens is 2. The van der Waals surface area contributed by atoms with Crippen LogP contribution in [0.2, 0.25) is 0 Å². The third kappa shape index (κ3) is 3.91. The van der Waals surface area contributed by atoms with E-state index in [-0.39, 0.29) is 0 Å². The van der Waals surface area contributed by atoms with Gasteiger partial charge in [-0.15, -0.1) is 0 Å². The standard InChI is InChI=1S/C25H23F2N5/c1-28-25-21-12-17(20-7-6-19(26)13-22(20)27)11-18(15-32-9-2-3-10-32)23(21)30-24(31-25)16-5-4-8-29-14-16/h4-8,11-14H,2-3,9-10,15H2,1H3,(H,28,30,31). The van der Waals surface area contributed by atoms with Gasteiger partial charge in [0.2, 0.25) is 0 Å². The van der Waals surface area contributed by atoms with Gasteiger partial charge in [-0.1, -0.05) is 0 Å². The van der Waals surface area contributed by atoms with Crippen molar-refractivity contribution in [2.24, 2.45) is 0 Å². The van der Waals surface area contributed by atoms with E-state index in [1.807, 2.05) is 24.3 Å². The normalized spacial score (nSPS) is 14.2. The number of nitrogens with zero attached hydrogens (tertiary/aromatic N) is 4. The molecule has 0 saturated carbocycles. The van der Waals surface area contributed by atoms with Gasteiger partial charge in [-0.3, -0.25) is 9.88 Å². The van der Waals surface area contributed by atoms with E-state index in [2.05, 4.69) is 15.2 Å². The molecule has 0 radical (unpaired) electrons. The van der Waals surface area contributed by atoms with E-state index in [9.17, 15) is 8.78 Å². The summed E-state index contributed by atoms with van der Waals surface area (Å²) in [5, 5.41) is 3.97. The Bertz CT molecular complexity index is 1270. The maximum atomic E-state index is 14.6. The fraction of sp³-hybridized carbons (Fsp3) is 0.240. The lowest BCUT2D eigenvalue weighted by molar-refractivity contribution is 0.332. The molecule has 32 heavy (non-hydrogen) atoms. The monoisotopic (exact) mass is 431 g/mol. The van der Waals surface area contributed by atoms with Gasteiger partial charge < -0.3 is 5.32 Å². The zero-order valence-electron chi connectivity index (χ0n) is 17.8. The van der Waals surface area contributed by atoms with Crippen molar-refractivity contribution in [1.29, 1.82) is 0 Å². The van der Waals surface area contributed by atoms with Crippen molar-refractivity contribution >= 4 is 16.7 Å². The summed E-state index contributed by atoms with van der Waals surface area (Å²) in [6.45, 7) is 2.76. The second-order valence-corrected chi connectivity index (χ2v) is 8.03. The molecular formula is C25H23F2N5. The molecule has 1 saturated heterocycles. The number of benzene rings is 2. The quantitative estimate of drug-likeness (QED) is 0.466. The number of rotatable bonds is 5. The first-order valence-electron chi connectivity index (χ1n) is 10.7. The highest BCUT2D eigenvalue weighted by atomic mass is 19.1. The largest absolute Gasteiger partial charge is 0.373 e. The van der Waals surface area contributed by atoms with Gasteiger partial charge in [-0.2, -0.15) is 0 Å². The molecule has 162 valence electrons. The zero-order chi connectivity index (χ0) is 22.1. The Morgan fingerprint density at radius 2 is 1.84 bits per heavy atom. The van der Waals surface area contributed by atoms with Crippen molar-refractivity contribution < 1.29 is 8.78 Å². The van der Waals surface area contributed by atoms with E-state index in [0.29, 0.717) is 29.3 Å². The number of fused-ring (bicyclic) bond motifs is 1. The second-order valence-electron chi connectivity index (χ2n) is 8.03. The highest BCUT2D eigenvalue weighted by Crippen LogP contribution is 2.34. The van der Waals surface area contributed by atoms with Crippen LogP contribution in [0, 0.1) is 11.6 Å². The number of hydrogen-bond donors (Lipinski definition) is 1. The highest BCUT2D eigenvalue weighted by Gasteiger charge is 2.19. The van der Waals surface area contributed by atoms with Crippen LogP contribution in [0.5, 0.6) is 0 Å². The lowest BCUT2D eigenvalue weighted by Gasteiger charge is -2.19. The Hall–Kier alpha value is -3.45.